The van der Waals surface area contributed by atoms with E-state index in [4.69, 9.17) is 11.6 Å². The standard InChI is InChI=1S/C20H19ClN4/c21-13-4-5-14-16(11-24-18(14)10-13)19-12-25(9-8-23-19)20-3-1-2-17-15(20)6-7-22-17/h1-7,10-11,19,22-24H,8-9,12H2. The molecular formula is C20H19ClN4. The van der Waals surface area contributed by atoms with Gasteiger partial charge in [0.05, 0.1) is 6.04 Å². The monoisotopic (exact) mass is 350 g/mol. The Morgan fingerprint density at radius 3 is 2.92 bits per heavy atom. The Balaban J connectivity index is 1.50. The van der Waals surface area contributed by atoms with E-state index >= 15 is 0 Å². The van der Waals surface area contributed by atoms with Gasteiger partial charge in [-0.3, -0.25) is 0 Å². The molecule has 1 aliphatic rings. The molecule has 1 aliphatic heterocycles. The molecule has 126 valence electrons. The van der Waals surface area contributed by atoms with Gasteiger partial charge >= 0.3 is 0 Å². The summed E-state index contributed by atoms with van der Waals surface area (Å²) in [6.07, 6.45) is 4.12. The van der Waals surface area contributed by atoms with Crippen LogP contribution in [0, 0.1) is 0 Å². The molecule has 0 spiro atoms. The van der Waals surface area contributed by atoms with E-state index in [0.717, 1.165) is 30.2 Å². The molecule has 1 saturated heterocycles. The number of aromatic nitrogens is 2. The Bertz CT molecular complexity index is 1050. The van der Waals surface area contributed by atoms with E-state index in [0.29, 0.717) is 0 Å². The molecular weight excluding hydrogens is 332 g/mol. The van der Waals surface area contributed by atoms with Crippen molar-refractivity contribution in [2.45, 2.75) is 6.04 Å². The lowest BCUT2D eigenvalue weighted by Crippen LogP contribution is -2.45. The van der Waals surface area contributed by atoms with Gasteiger partial charge in [-0.1, -0.05) is 23.7 Å². The average molecular weight is 351 g/mol. The molecule has 1 atom stereocenters. The van der Waals surface area contributed by atoms with Gasteiger partial charge in [0.25, 0.3) is 0 Å². The summed E-state index contributed by atoms with van der Waals surface area (Å²) >= 11 is 6.11. The molecule has 1 fully saturated rings. The second kappa shape index (κ2) is 5.83. The summed E-state index contributed by atoms with van der Waals surface area (Å²) in [6.45, 7) is 2.92. The summed E-state index contributed by atoms with van der Waals surface area (Å²) in [7, 11) is 0. The minimum Gasteiger partial charge on any atom is -0.368 e. The zero-order chi connectivity index (χ0) is 16.8. The maximum Gasteiger partial charge on any atom is 0.0520 e. The number of H-pyrrole nitrogens is 2. The van der Waals surface area contributed by atoms with E-state index in [1.54, 1.807) is 0 Å². The highest BCUT2D eigenvalue weighted by Gasteiger charge is 2.24. The Morgan fingerprint density at radius 1 is 1.00 bits per heavy atom. The molecule has 0 aliphatic carbocycles. The first-order valence-corrected chi connectivity index (χ1v) is 8.98. The number of aromatic amines is 2. The van der Waals surface area contributed by atoms with Gasteiger partial charge in [0, 0.05) is 64.5 Å². The van der Waals surface area contributed by atoms with Crippen LogP contribution in [0.1, 0.15) is 11.6 Å². The summed E-state index contributed by atoms with van der Waals surface area (Å²) < 4.78 is 0. The van der Waals surface area contributed by atoms with Crippen LogP contribution in [0.15, 0.2) is 54.9 Å². The Hall–Kier alpha value is -2.43. The molecule has 0 amide bonds. The molecule has 2 aromatic carbocycles. The lowest BCUT2D eigenvalue weighted by atomic mass is 10.0. The van der Waals surface area contributed by atoms with E-state index in [2.05, 4.69) is 56.7 Å². The van der Waals surface area contributed by atoms with Crippen LogP contribution in [0.5, 0.6) is 0 Å². The molecule has 0 saturated carbocycles. The molecule has 5 heteroatoms. The lowest BCUT2D eigenvalue weighted by molar-refractivity contribution is 0.475. The minimum atomic E-state index is 0.290. The third kappa shape index (κ3) is 2.49. The van der Waals surface area contributed by atoms with Gasteiger partial charge in [0.15, 0.2) is 0 Å². The molecule has 3 N–H and O–H groups in total. The number of benzene rings is 2. The fourth-order valence-electron chi connectivity index (χ4n) is 3.93. The first-order chi connectivity index (χ1) is 12.3. The number of hydrogen-bond acceptors (Lipinski definition) is 2. The maximum absolute atomic E-state index is 6.11. The van der Waals surface area contributed by atoms with E-state index in [1.807, 2.05) is 18.3 Å². The number of anilines is 1. The smallest absolute Gasteiger partial charge is 0.0520 e. The van der Waals surface area contributed by atoms with Gasteiger partial charge < -0.3 is 20.2 Å². The Kier molecular flexibility index (Phi) is 3.47. The van der Waals surface area contributed by atoms with Crippen molar-refractivity contribution in [2.75, 3.05) is 24.5 Å². The van der Waals surface area contributed by atoms with Crippen LogP contribution in [0.4, 0.5) is 5.69 Å². The fourth-order valence-corrected chi connectivity index (χ4v) is 4.10. The largest absolute Gasteiger partial charge is 0.368 e. The number of nitrogens with zero attached hydrogens (tertiary/aromatic N) is 1. The summed E-state index contributed by atoms with van der Waals surface area (Å²) in [6, 6.07) is 15.0. The van der Waals surface area contributed by atoms with Gasteiger partial charge in [-0.05, 0) is 35.9 Å². The van der Waals surface area contributed by atoms with Crippen LogP contribution in [-0.2, 0) is 0 Å². The van der Waals surface area contributed by atoms with Gasteiger partial charge in [-0.15, -0.1) is 0 Å². The molecule has 5 rings (SSSR count). The van der Waals surface area contributed by atoms with Gasteiger partial charge in [-0.25, -0.2) is 0 Å². The quantitative estimate of drug-likeness (QED) is 0.500. The van der Waals surface area contributed by atoms with Crippen molar-refractivity contribution in [2.24, 2.45) is 0 Å². The highest BCUT2D eigenvalue weighted by Crippen LogP contribution is 2.32. The van der Waals surface area contributed by atoms with E-state index in [9.17, 15) is 0 Å². The van der Waals surface area contributed by atoms with Crippen molar-refractivity contribution in [3.05, 3.63) is 65.4 Å². The maximum atomic E-state index is 6.11. The number of hydrogen-bond donors (Lipinski definition) is 3. The molecule has 3 heterocycles. The van der Waals surface area contributed by atoms with Crippen molar-refractivity contribution in [1.29, 1.82) is 0 Å². The molecule has 1 unspecified atom stereocenters. The summed E-state index contributed by atoms with van der Waals surface area (Å²) in [5.41, 5.74) is 4.88. The van der Waals surface area contributed by atoms with E-state index < -0.39 is 0 Å². The van der Waals surface area contributed by atoms with Gasteiger partial charge in [0.1, 0.15) is 0 Å². The predicted octanol–water partition coefficient (Wildman–Crippen LogP) is 4.45. The Labute approximate surface area is 150 Å². The van der Waals surface area contributed by atoms with Gasteiger partial charge in [-0.2, -0.15) is 0 Å². The van der Waals surface area contributed by atoms with Crippen molar-refractivity contribution in [3.8, 4) is 0 Å². The lowest BCUT2D eigenvalue weighted by Gasteiger charge is -2.35. The number of nitrogens with one attached hydrogen (secondary N) is 3. The molecule has 0 bridgehead atoms. The third-order valence-corrected chi connectivity index (χ3v) is 5.37. The second-order valence-corrected chi connectivity index (χ2v) is 7.04. The van der Waals surface area contributed by atoms with Crippen molar-refractivity contribution < 1.29 is 0 Å². The summed E-state index contributed by atoms with van der Waals surface area (Å²) in [4.78, 5) is 9.14. The SMILES string of the molecule is Clc1ccc2c(C3CN(c4cccc5[nH]ccc45)CCN3)c[nH]c2c1. The van der Waals surface area contributed by atoms with E-state index in [-0.39, 0.29) is 6.04 Å². The number of rotatable bonds is 2. The van der Waals surface area contributed by atoms with Crippen LogP contribution >= 0.6 is 11.6 Å². The average Bonchev–Trinajstić information content (AvgIpc) is 3.27. The fraction of sp³-hybridized carbons (Fsp3) is 0.200. The molecule has 2 aromatic heterocycles. The molecule has 4 nitrogen and oxygen atoms in total. The molecule has 4 aromatic rings. The highest BCUT2D eigenvalue weighted by molar-refractivity contribution is 6.31. The molecule has 25 heavy (non-hydrogen) atoms. The number of piperazine rings is 1. The second-order valence-electron chi connectivity index (χ2n) is 6.60. The van der Waals surface area contributed by atoms with Crippen LogP contribution in [0.2, 0.25) is 5.02 Å². The van der Waals surface area contributed by atoms with Crippen LogP contribution < -0.4 is 10.2 Å². The van der Waals surface area contributed by atoms with E-state index in [1.165, 1.54) is 27.5 Å². The Morgan fingerprint density at radius 2 is 1.96 bits per heavy atom. The number of halogens is 1. The van der Waals surface area contributed by atoms with Crippen molar-refractivity contribution in [3.63, 3.8) is 0 Å². The summed E-state index contributed by atoms with van der Waals surface area (Å²) in [5.74, 6) is 0. The first-order valence-electron chi connectivity index (χ1n) is 8.60. The molecule has 0 radical (unpaired) electrons. The van der Waals surface area contributed by atoms with Crippen LogP contribution in [-0.4, -0.2) is 29.6 Å². The van der Waals surface area contributed by atoms with Crippen molar-refractivity contribution >= 4 is 39.1 Å². The van der Waals surface area contributed by atoms with Crippen LogP contribution in [0.3, 0.4) is 0 Å². The third-order valence-electron chi connectivity index (χ3n) is 5.14. The number of fused-ring (bicyclic) bond motifs is 2. The zero-order valence-corrected chi connectivity index (χ0v) is 14.5. The zero-order valence-electron chi connectivity index (χ0n) is 13.7. The summed E-state index contributed by atoms with van der Waals surface area (Å²) in [5, 5.41) is 6.96. The minimum absolute atomic E-state index is 0.290. The normalized spacial score (nSPS) is 18.3. The van der Waals surface area contributed by atoms with Crippen molar-refractivity contribution in [1.82, 2.24) is 15.3 Å². The topological polar surface area (TPSA) is 46.9 Å². The van der Waals surface area contributed by atoms with Crippen LogP contribution in [0.25, 0.3) is 21.8 Å². The first kappa shape index (κ1) is 14.9. The van der Waals surface area contributed by atoms with Gasteiger partial charge in [0.2, 0.25) is 0 Å². The highest BCUT2D eigenvalue weighted by atomic mass is 35.5. The predicted molar refractivity (Wildman–Crippen MR) is 105 cm³/mol.